The van der Waals surface area contributed by atoms with Crippen molar-refractivity contribution in [2.24, 2.45) is 5.73 Å². The van der Waals surface area contributed by atoms with Gasteiger partial charge in [0.15, 0.2) is 0 Å². The molecule has 0 fully saturated rings. The van der Waals surface area contributed by atoms with Gasteiger partial charge < -0.3 is 10.6 Å². The Morgan fingerprint density at radius 1 is 1.20 bits per heavy atom. The third-order valence-corrected chi connectivity index (χ3v) is 3.50. The molecule has 0 saturated heterocycles. The molecule has 3 rings (SSSR count). The Balaban J connectivity index is 2.00. The van der Waals surface area contributed by atoms with Crippen LogP contribution in [0.5, 0.6) is 0 Å². The fourth-order valence-corrected chi connectivity index (χ4v) is 2.60. The summed E-state index contributed by atoms with van der Waals surface area (Å²) in [4.78, 5) is 14.2. The average molecular weight is 270 g/mol. The van der Waals surface area contributed by atoms with Crippen molar-refractivity contribution in [1.29, 1.82) is 0 Å². The fraction of sp³-hybridized carbons (Fsp3) is 0.188. The van der Waals surface area contributed by atoms with Gasteiger partial charge in [-0.3, -0.25) is 4.79 Å². The Bertz CT molecular complexity index is 656. The lowest BCUT2D eigenvalue weighted by Gasteiger charge is -2.33. The summed E-state index contributed by atoms with van der Waals surface area (Å²) in [6.07, 6.45) is 0.753. The average Bonchev–Trinajstić information content (AvgIpc) is 2.45. The van der Waals surface area contributed by atoms with Crippen LogP contribution in [0.1, 0.15) is 15.9 Å². The zero-order valence-electron chi connectivity index (χ0n) is 10.9. The maximum absolute atomic E-state index is 13.3. The first-order chi connectivity index (χ1) is 9.65. The zero-order chi connectivity index (χ0) is 14.1. The van der Waals surface area contributed by atoms with Crippen molar-refractivity contribution < 1.29 is 9.18 Å². The van der Waals surface area contributed by atoms with Gasteiger partial charge in [-0.2, -0.15) is 0 Å². The number of amides is 1. The number of anilines is 1. The van der Waals surface area contributed by atoms with E-state index >= 15 is 0 Å². The first-order valence-electron chi connectivity index (χ1n) is 6.56. The van der Waals surface area contributed by atoms with E-state index in [4.69, 9.17) is 5.73 Å². The summed E-state index contributed by atoms with van der Waals surface area (Å²) in [5.41, 5.74) is 8.28. The van der Waals surface area contributed by atoms with Gasteiger partial charge >= 0.3 is 0 Å². The first kappa shape index (κ1) is 12.8. The van der Waals surface area contributed by atoms with Gasteiger partial charge in [0.2, 0.25) is 0 Å². The fourth-order valence-electron chi connectivity index (χ4n) is 2.60. The monoisotopic (exact) mass is 270 g/mol. The van der Waals surface area contributed by atoms with E-state index in [-0.39, 0.29) is 11.9 Å². The summed E-state index contributed by atoms with van der Waals surface area (Å²) in [6, 6.07) is 13.3. The van der Waals surface area contributed by atoms with E-state index in [2.05, 4.69) is 0 Å². The second kappa shape index (κ2) is 5.06. The van der Waals surface area contributed by atoms with Crippen molar-refractivity contribution >= 4 is 11.6 Å². The number of rotatable bonds is 1. The van der Waals surface area contributed by atoms with Crippen LogP contribution in [-0.2, 0) is 6.42 Å². The molecule has 2 aromatic rings. The van der Waals surface area contributed by atoms with Crippen LogP contribution in [0.4, 0.5) is 10.1 Å². The minimum Gasteiger partial charge on any atom is -0.326 e. The van der Waals surface area contributed by atoms with Gasteiger partial charge in [-0.1, -0.05) is 24.3 Å². The molecule has 20 heavy (non-hydrogen) atoms. The van der Waals surface area contributed by atoms with Crippen molar-refractivity contribution in [2.45, 2.75) is 12.5 Å². The highest BCUT2D eigenvalue weighted by atomic mass is 19.1. The Morgan fingerprint density at radius 2 is 2.00 bits per heavy atom. The molecule has 0 bridgehead atoms. The molecule has 1 heterocycles. The zero-order valence-corrected chi connectivity index (χ0v) is 10.9. The third kappa shape index (κ3) is 2.30. The molecule has 0 radical (unpaired) electrons. The van der Waals surface area contributed by atoms with Crippen molar-refractivity contribution in [1.82, 2.24) is 0 Å². The van der Waals surface area contributed by atoms with Crippen molar-refractivity contribution in [2.75, 3.05) is 11.4 Å². The second-order valence-electron chi connectivity index (χ2n) is 5.02. The molecule has 1 aliphatic heterocycles. The van der Waals surface area contributed by atoms with Gasteiger partial charge in [-0.05, 0) is 36.2 Å². The lowest BCUT2D eigenvalue weighted by molar-refractivity contribution is 0.0983. The molecule has 3 nitrogen and oxygen atoms in total. The van der Waals surface area contributed by atoms with Crippen molar-refractivity contribution in [3.05, 3.63) is 65.5 Å². The topological polar surface area (TPSA) is 46.3 Å². The summed E-state index contributed by atoms with van der Waals surface area (Å²) in [6.45, 7) is 0.451. The summed E-state index contributed by atoms with van der Waals surface area (Å²) in [7, 11) is 0. The summed E-state index contributed by atoms with van der Waals surface area (Å²) < 4.78 is 13.3. The van der Waals surface area contributed by atoms with Crippen LogP contribution >= 0.6 is 0 Å². The van der Waals surface area contributed by atoms with Crippen LogP contribution in [0, 0.1) is 5.82 Å². The molecule has 1 atom stereocenters. The predicted octanol–water partition coefficient (Wildman–Crippen LogP) is 2.36. The van der Waals surface area contributed by atoms with E-state index < -0.39 is 5.82 Å². The van der Waals surface area contributed by atoms with E-state index in [0.29, 0.717) is 12.1 Å². The smallest absolute Gasteiger partial charge is 0.258 e. The molecule has 1 aliphatic rings. The number of carbonyl (C=O) groups is 1. The Morgan fingerprint density at radius 3 is 2.80 bits per heavy atom. The maximum atomic E-state index is 13.3. The summed E-state index contributed by atoms with van der Waals surface area (Å²) >= 11 is 0. The normalized spacial score (nSPS) is 17.7. The van der Waals surface area contributed by atoms with E-state index in [1.165, 1.54) is 12.1 Å². The lowest BCUT2D eigenvalue weighted by atomic mass is 9.97. The van der Waals surface area contributed by atoms with Crippen LogP contribution in [0.3, 0.4) is 0 Å². The standard InChI is InChI=1S/C16H15FN2O/c17-13-6-3-5-12(8-13)16(20)19-10-14(18)9-11-4-1-2-7-15(11)19/h1-8,14H,9-10,18H2. The van der Waals surface area contributed by atoms with E-state index in [0.717, 1.165) is 17.7 Å². The Hall–Kier alpha value is -2.20. The molecule has 4 heteroatoms. The minimum atomic E-state index is -0.412. The van der Waals surface area contributed by atoms with Gasteiger partial charge in [-0.25, -0.2) is 4.39 Å². The van der Waals surface area contributed by atoms with E-state index in [9.17, 15) is 9.18 Å². The Kier molecular flexibility index (Phi) is 3.24. The van der Waals surface area contributed by atoms with E-state index in [1.807, 2.05) is 24.3 Å². The quantitative estimate of drug-likeness (QED) is 0.864. The molecule has 1 unspecified atom stereocenters. The Labute approximate surface area is 116 Å². The molecule has 2 aromatic carbocycles. The summed E-state index contributed by atoms with van der Waals surface area (Å²) in [5.74, 6) is -0.627. The van der Waals surface area contributed by atoms with Crippen molar-refractivity contribution in [3.8, 4) is 0 Å². The molecule has 2 N–H and O–H groups in total. The molecular weight excluding hydrogens is 255 g/mol. The molecule has 0 aliphatic carbocycles. The van der Waals surface area contributed by atoms with Gasteiger partial charge in [0.1, 0.15) is 5.82 Å². The number of fused-ring (bicyclic) bond motifs is 1. The molecular formula is C16H15FN2O. The number of carbonyl (C=O) groups excluding carboxylic acids is 1. The number of benzene rings is 2. The van der Waals surface area contributed by atoms with Crippen LogP contribution in [0.15, 0.2) is 48.5 Å². The lowest BCUT2D eigenvalue weighted by Crippen LogP contribution is -2.46. The highest BCUT2D eigenvalue weighted by Crippen LogP contribution is 2.27. The SMILES string of the molecule is NC1Cc2ccccc2N(C(=O)c2cccc(F)c2)C1. The molecule has 0 spiro atoms. The van der Waals surface area contributed by atoms with Crippen molar-refractivity contribution in [3.63, 3.8) is 0 Å². The maximum Gasteiger partial charge on any atom is 0.258 e. The second-order valence-corrected chi connectivity index (χ2v) is 5.02. The van der Waals surface area contributed by atoms with Crippen LogP contribution in [0.2, 0.25) is 0 Å². The molecule has 0 aromatic heterocycles. The summed E-state index contributed by atoms with van der Waals surface area (Å²) in [5, 5.41) is 0. The van der Waals surface area contributed by atoms with Gasteiger partial charge in [0.25, 0.3) is 5.91 Å². The molecule has 1 amide bonds. The van der Waals surface area contributed by atoms with Crippen LogP contribution in [0.25, 0.3) is 0 Å². The number of nitrogens with zero attached hydrogens (tertiary/aromatic N) is 1. The number of para-hydroxylation sites is 1. The molecule has 0 saturated carbocycles. The largest absolute Gasteiger partial charge is 0.326 e. The van der Waals surface area contributed by atoms with Gasteiger partial charge in [-0.15, -0.1) is 0 Å². The highest BCUT2D eigenvalue weighted by molar-refractivity contribution is 6.06. The van der Waals surface area contributed by atoms with Crippen LogP contribution < -0.4 is 10.6 Å². The van der Waals surface area contributed by atoms with Crippen LogP contribution in [-0.4, -0.2) is 18.5 Å². The molecule has 102 valence electrons. The first-order valence-corrected chi connectivity index (χ1v) is 6.56. The van der Waals surface area contributed by atoms with Gasteiger partial charge in [0.05, 0.1) is 0 Å². The third-order valence-electron chi connectivity index (χ3n) is 3.50. The number of halogens is 1. The van der Waals surface area contributed by atoms with E-state index in [1.54, 1.807) is 17.0 Å². The number of nitrogens with two attached hydrogens (primary N) is 1. The number of hydrogen-bond donors (Lipinski definition) is 1. The van der Waals surface area contributed by atoms with Gasteiger partial charge in [0, 0.05) is 23.8 Å². The minimum absolute atomic E-state index is 0.0950. The number of hydrogen-bond acceptors (Lipinski definition) is 2. The predicted molar refractivity (Wildman–Crippen MR) is 76.2 cm³/mol. The highest BCUT2D eigenvalue weighted by Gasteiger charge is 2.27.